The van der Waals surface area contributed by atoms with E-state index < -0.39 is 0 Å². The number of amides is 1. The van der Waals surface area contributed by atoms with E-state index in [2.05, 4.69) is 10.3 Å². The van der Waals surface area contributed by atoms with Crippen molar-refractivity contribution < 1.29 is 9.63 Å². The summed E-state index contributed by atoms with van der Waals surface area (Å²) in [4.78, 5) is 17.2. The lowest BCUT2D eigenvalue weighted by molar-refractivity contribution is -0.128. The normalized spacial score (nSPS) is 9.73. The second-order valence-corrected chi connectivity index (χ2v) is 2.49. The summed E-state index contributed by atoms with van der Waals surface area (Å²) < 4.78 is 0. The van der Waals surface area contributed by atoms with Crippen LogP contribution in [-0.4, -0.2) is 38.6 Å². The molecule has 0 aliphatic rings. The van der Waals surface area contributed by atoms with Gasteiger partial charge in [0.25, 0.3) is 0 Å². The van der Waals surface area contributed by atoms with Crippen molar-refractivity contribution in [3.8, 4) is 0 Å². The van der Waals surface area contributed by atoms with E-state index in [-0.39, 0.29) is 5.91 Å². The van der Waals surface area contributed by atoms with Crippen molar-refractivity contribution in [1.29, 1.82) is 0 Å². The van der Waals surface area contributed by atoms with E-state index >= 15 is 0 Å². The molecular weight excluding hydrogens is 144 g/mol. The highest BCUT2D eigenvalue weighted by Gasteiger charge is 2.01. The zero-order chi connectivity index (χ0) is 8.69. The Morgan fingerprint density at radius 1 is 1.55 bits per heavy atom. The average Bonchev–Trinajstić information content (AvgIpc) is 1.97. The lowest BCUT2D eigenvalue weighted by Crippen LogP contribution is -2.23. The van der Waals surface area contributed by atoms with Crippen LogP contribution in [0.2, 0.25) is 0 Å². The number of carbonyl (C=O) groups is 1. The molecular formula is C7H16N2O2. The number of carbonyl (C=O) groups excluding carboxylic acids is 1. The van der Waals surface area contributed by atoms with Gasteiger partial charge in [0.1, 0.15) is 0 Å². The van der Waals surface area contributed by atoms with Gasteiger partial charge in [-0.25, -0.2) is 5.48 Å². The molecule has 0 saturated carbocycles. The Balaban J connectivity index is 3.18. The van der Waals surface area contributed by atoms with Gasteiger partial charge in [-0.2, -0.15) is 0 Å². The molecule has 0 fully saturated rings. The van der Waals surface area contributed by atoms with Crippen LogP contribution in [0.1, 0.15) is 12.8 Å². The molecule has 0 rings (SSSR count). The van der Waals surface area contributed by atoms with Crippen molar-refractivity contribution in [2.45, 2.75) is 12.8 Å². The molecule has 0 spiro atoms. The number of rotatable bonds is 5. The highest BCUT2D eigenvalue weighted by molar-refractivity contribution is 5.75. The fourth-order valence-corrected chi connectivity index (χ4v) is 0.637. The monoisotopic (exact) mass is 160 g/mol. The van der Waals surface area contributed by atoms with E-state index in [0.29, 0.717) is 6.42 Å². The third-order valence-electron chi connectivity index (χ3n) is 1.31. The minimum Gasteiger partial charge on any atom is -0.349 e. The van der Waals surface area contributed by atoms with E-state index in [1.54, 1.807) is 26.1 Å². The molecule has 1 amide bonds. The largest absolute Gasteiger partial charge is 0.349 e. The maximum absolute atomic E-state index is 11.0. The second-order valence-electron chi connectivity index (χ2n) is 2.49. The highest BCUT2D eigenvalue weighted by Crippen LogP contribution is 1.91. The van der Waals surface area contributed by atoms with E-state index in [0.717, 1.165) is 13.0 Å². The Kier molecular flexibility index (Phi) is 5.78. The van der Waals surface area contributed by atoms with E-state index in [1.165, 1.54) is 0 Å². The molecule has 1 N–H and O–H groups in total. The molecule has 4 heteroatoms. The quantitative estimate of drug-likeness (QED) is 0.455. The summed E-state index contributed by atoms with van der Waals surface area (Å²) in [5.74, 6) is 0.155. The third kappa shape index (κ3) is 5.82. The molecule has 0 heterocycles. The molecule has 0 atom stereocenters. The molecule has 66 valence electrons. The predicted octanol–water partition coefficient (Wildman–Crippen LogP) is 0.00580. The number of hydroxylamine groups is 1. The van der Waals surface area contributed by atoms with Gasteiger partial charge in [0.15, 0.2) is 0 Å². The van der Waals surface area contributed by atoms with Crippen molar-refractivity contribution in [3.63, 3.8) is 0 Å². The van der Waals surface area contributed by atoms with Gasteiger partial charge in [0.2, 0.25) is 5.91 Å². The molecule has 0 aromatic rings. The maximum atomic E-state index is 11.0. The molecule has 0 radical (unpaired) electrons. The van der Waals surface area contributed by atoms with Crippen LogP contribution in [0, 0.1) is 0 Å². The zero-order valence-electron chi connectivity index (χ0n) is 7.39. The average molecular weight is 160 g/mol. The Bertz CT molecular complexity index is 115. The van der Waals surface area contributed by atoms with E-state index in [1.807, 2.05) is 0 Å². The standard InChI is InChI=1S/C7H16N2O2/c1-9(2)7(10)5-4-6-8-11-3/h8H,4-6H2,1-3H3. The first-order valence-electron chi connectivity index (χ1n) is 3.64. The minimum atomic E-state index is 0.155. The molecule has 0 aliphatic heterocycles. The first-order chi connectivity index (χ1) is 5.18. The molecule has 0 bridgehead atoms. The maximum Gasteiger partial charge on any atom is 0.222 e. The second kappa shape index (κ2) is 6.12. The summed E-state index contributed by atoms with van der Waals surface area (Å²) in [7, 11) is 5.08. The Morgan fingerprint density at radius 2 is 2.18 bits per heavy atom. The summed E-state index contributed by atoms with van der Waals surface area (Å²) in [6.45, 7) is 0.718. The van der Waals surface area contributed by atoms with Crippen LogP contribution < -0.4 is 5.48 Å². The van der Waals surface area contributed by atoms with Gasteiger partial charge in [0.05, 0.1) is 7.11 Å². The summed E-state index contributed by atoms with van der Waals surface area (Å²) in [6, 6.07) is 0. The first kappa shape index (κ1) is 10.4. The van der Waals surface area contributed by atoms with Crippen LogP contribution in [0.3, 0.4) is 0 Å². The van der Waals surface area contributed by atoms with Crippen molar-refractivity contribution in [3.05, 3.63) is 0 Å². The van der Waals surface area contributed by atoms with Crippen LogP contribution in [0.5, 0.6) is 0 Å². The van der Waals surface area contributed by atoms with Gasteiger partial charge < -0.3 is 9.74 Å². The summed E-state index contributed by atoms with van der Waals surface area (Å²) in [6.07, 6.45) is 1.38. The lowest BCUT2D eigenvalue weighted by Gasteiger charge is -2.09. The highest BCUT2D eigenvalue weighted by atomic mass is 16.6. The fraction of sp³-hybridized carbons (Fsp3) is 0.857. The van der Waals surface area contributed by atoms with Crippen LogP contribution in [0.4, 0.5) is 0 Å². The van der Waals surface area contributed by atoms with Crippen LogP contribution in [0.15, 0.2) is 0 Å². The van der Waals surface area contributed by atoms with Crippen LogP contribution in [-0.2, 0) is 9.63 Å². The lowest BCUT2D eigenvalue weighted by atomic mass is 10.3. The molecule has 11 heavy (non-hydrogen) atoms. The Morgan fingerprint density at radius 3 is 2.64 bits per heavy atom. The third-order valence-corrected chi connectivity index (χ3v) is 1.31. The SMILES string of the molecule is CONCCCC(=O)N(C)C. The van der Waals surface area contributed by atoms with Crippen LogP contribution in [0.25, 0.3) is 0 Å². The number of nitrogens with one attached hydrogen (secondary N) is 1. The van der Waals surface area contributed by atoms with Crippen molar-refractivity contribution in [1.82, 2.24) is 10.4 Å². The number of hydrogen-bond acceptors (Lipinski definition) is 3. The van der Waals surface area contributed by atoms with Gasteiger partial charge in [-0.1, -0.05) is 0 Å². The molecule has 4 nitrogen and oxygen atoms in total. The van der Waals surface area contributed by atoms with E-state index in [9.17, 15) is 4.79 Å². The van der Waals surface area contributed by atoms with Gasteiger partial charge >= 0.3 is 0 Å². The molecule has 0 unspecified atom stereocenters. The molecule has 0 aliphatic carbocycles. The van der Waals surface area contributed by atoms with Gasteiger partial charge in [-0.15, -0.1) is 0 Å². The molecule has 0 aromatic carbocycles. The van der Waals surface area contributed by atoms with Crippen molar-refractivity contribution in [2.75, 3.05) is 27.7 Å². The Hall–Kier alpha value is -0.610. The summed E-state index contributed by atoms with van der Waals surface area (Å²) >= 11 is 0. The van der Waals surface area contributed by atoms with Crippen LogP contribution >= 0.6 is 0 Å². The summed E-state index contributed by atoms with van der Waals surface area (Å²) in [5.41, 5.74) is 2.67. The van der Waals surface area contributed by atoms with Gasteiger partial charge in [-0.05, 0) is 6.42 Å². The molecule has 0 aromatic heterocycles. The van der Waals surface area contributed by atoms with E-state index in [4.69, 9.17) is 0 Å². The topological polar surface area (TPSA) is 41.6 Å². The fourth-order valence-electron chi connectivity index (χ4n) is 0.637. The number of nitrogens with zero attached hydrogens (tertiary/aromatic N) is 1. The number of hydrogen-bond donors (Lipinski definition) is 1. The minimum absolute atomic E-state index is 0.155. The van der Waals surface area contributed by atoms with Gasteiger partial charge in [0, 0.05) is 27.1 Å². The molecule has 0 saturated heterocycles. The predicted molar refractivity (Wildman–Crippen MR) is 42.9 cm³/mol. The van der Waals surface area contributed by atoms with Crippen molar-refractivity contribution >= 4 is 5.91 Å². The smallest absolute Gasteiger partial charge is 0.222 e. The van der Waals surface area contributed by atoms with Crippen molar-refractivity contribution in [2.24, 2.45) is 0 Å². The zero-order valence-corrected chi connectivity index (χ0v) is 7.39. The summed E-state index contributed by atoms with van der Waals surface area (Å²) in [5, 5.41) is 0. The first-order valence-corrected chi connectivity index (χ1v) is 3.64. The van der Waals surface area contributed by atoms with Gasteiger partial charge in [-0.3, -0.25) is 4.79 Å². The Labute approximate surface area is 67.5 Å².